The van der Waals surface area contributed by atoms with Crippen molar-refractivity contribution in [3.63, 3.8) is 0 Å². The van der Waals surface area contributed by atoms with Crippen molar-refractivity contribution in [3.05, 3.63) is 66.2 Å². The summed E-state index contributed by atoms with van der Waals surface area (Å²) in [6, 6.07) is 8.50. The molecule has 0 radical (unpaired) electrons. The number of carbonyl (C=O) groups is 1. The number of primary sulfonamides is 1. The molecule has 0 aliphatic rings. The fourth-order valence-electron chi connectivity index (χ4n) is 2.48. The second-order valence-corrected chi connectivity index (χ2v) is 7.37. The molecule has 0 saturated heterocycles. The van der Waals surface area contributed by atoms with E-state index in [1.165, 1.54) is 24.3 Å². The second kappa shape index (κ2) is 7.29. The van der Waals surface area contributed by atoms with Crippen LogP contribution >= 0.6 is 0 Å². The standard InChI is InChI=1S/C17H12F4N4O3S/c18-13-9-10(29(22,27)28)5-6-11(13)12-3-1-2-4-14(12)23-16(26)25-8-7-15(24-25)17(19,20)21/h1-9H,(H,23,26)(H2,22,27,28). The van der Waals surface area contributed by atoms with Crippen LogP contribution < -0.4 is 10.5 Å². The molecule has 0 saturated carbocycles. The Kier molecular flexibility index (Phi) is 5.15. The highest BCUT2D eigenvalue weighted by molar-refractivity contribution is 7.89. The van der Waals surface area contributed by atoms with Gasteiger partial charge in [-0.1, -0.05) is 24.3 Å². The Morgan fingerprint density at radius 3 is 2.34 bits per heavy atom. The quantitative estimate of drug-likeness (QED) is 0.623. The molecule has 0 spiro atoms. The van der Waals surface area contributed by atoms with Crippen molar-refractivity contribution >= 4 is 21.7 Å². The van der Waals surface area contributed by atoms with Crippen LogP contribution in [0.2, 0.25) is 0 Å². The maximum Gasteiger partial charge on any atom is 0.435 e. The number of carbonyl (C=O) groups excluding carboxylic acids is 1. The molecule has 2 aromatic carbocycles. The highest BCUT2D eigenvalue weighted by atomic mass is 32.2. The molecule has 12 heteroatoms. The molecule has 1 aromatic heterocycles. The summed E-state index contributed by atoms with van der Waals surface area (Å²) in [7, 11) is -4.11. The van der Waals surface area contributed by atoms with Gasteiger partial charge in [0.1, 0.15) is 5.82 Å². The summed E-state index contributed by atoms with van der Waals surface area (Å²) in [4.78, 5) is 11.8. The van der Waals surface area contributed by atoms with Gasteiger partial charge in [-0.25, -0.2) is 22.7 Å². The first-order valence-corrected chi connectivity index (χ1v) is 9.37. The Bertz CT molecular complexity index is 1190. The van der Waals surface area contributed by atoms with E-state index in [-0.39, 0.29) is 16.8 Å². The summed E-state index contributed by atoms with van der Waals surface area (Å²) in [5, 5.41) is 10.5. The van der Waals surface area contributed by atoms with Crippen LogP contribution in [-0.2, 0) is 16.2 Å². The first-order valence-electron chi connectivity index (χ1n) is 7.83. The molecule has 3 aromatic rings. The summed E-state index contributed by atoms with van der Waals surface area (Å²) in [6.07, 6.45) is -3.88. The summed E-state index contributed by atoms with van der Waals surface area (Å²) in [5.74, 6) is -0.920. The summed E-state index contributed by atoms with van der Waals surface area (Å²) >= 11 is 0. The largest absolute Gasteiger partial charge is 0.435 e. The van der Waals surface area contributed by atoms with Crippen LogP contribution in [0.15, 0.2) is 59.6 Å². The van der Waals surface area contributed by atoms with E-state index in [9.17, 15) is 30.8 Å². The lowest BCUT2D eigenvalue weighted by Crippen LogP contribution is -2.21. The first-order chi connectivity index (χ1) is 13.5. The molecule has 0 unspecified atom stereocenters. The predicted molar refractivity (Wildman–Crippen MR) is 94.9 cm³/mol. The van der Waals surface area contributed by atoms with Crippen molar-refractivity contribution in [1.29, 1.82) is 0 Å². The van der Waals surface area contributed by atoms with Crippen molar-refractivity contribution in [2.24, 2.45) is 5.14 Å². The fourth-order valence-corrected chi connectivity index (χ4v) is 3.00. The Hall–Kier alpha value is -3.25. The monoisotopic (exact) mass is 428 g/mol. The van der Waals surface area contributed by atoms with Crippen LogP contribution in [0, 0.1) is 5.82 Å². The van der Waals surface area contributed by atoms with Gasteiger partial charge in [-0.15, -0.1) is 0 Å². The van der Waals surface area contributed by atoms with Crippen molar-refractivity contribution < 1.29 is 30.8 Å². The zero-order valence-electron chi connectivity index (χ0n) is 14.3. The molecule has 0 aliphatic carbocycles. The topological polar surface area (TPSA) is 107 Å². The van der Waals surface area contributed by atoms with Gasteiger partial charge in [0.2, 0.25) is 10.0 Å². The molecule has 3 N–H and O–H groups in total. The van der Waals surface area contributed by atoms with E-state index in [4.69, 9.17) is 5.14 Å². The van der Waals surface area contributed by atoms with E-state index in [0.29, 0.717) is 10.7 Å². The normalized spacial score (nSPS) is 12.0. The molecule has 152 valence electrons. The average Bonchev–Trinajstić information content (AvgIpc) is 3.12. The molecule has 0 fully saturated rings. The third kappa shape index (κ3) is 4.43. The molecule has 7 nitrogen and oxygen atoms in total. The van der Waals surface area contributed by atoms with Gasteiger partial charge in [0.25, 0.3) is 0 Å². The first kappa shape index (κ1) is 20.5. The number of nitrogens with two attached hydrogens (primary N) is 1. The van der Waals surface area contributed by atoms with Crippen molar-refractivity contribution in [3.8, 4) is 11.1 Å². The number of rotatable bonds is 3. The van der Waals surface area contributed by atoms with Gasteiger partial charge < -0.3 is 5.32 Å². The number of para-hydroxylation sites is 1. The average molecular weight is 428 g/mol. The van der Waals surface area contributed by atoms with Crippen LogP contribution in [0.25, 0.3) is 11.1 Å². The number of anilines is 1. The van der Waals surface area contributed by atoms with E-state index in [2.05, 4.69) is 10.4 Å². The molecule has 3 rings (SSSR count). The number of hydrogen-bond donors (Lipinski definition) is 2. The maximum absolute atomic E-state index is 14.5. The third-order valence-electron chi connectivity index (χ3n) is 3.82. The Morgan fingerprint density at radius 1 is 1.07 bits per heavy atom. The number of hydrogen-bond acceptors (Lipinski definition) is 4. The van der Waals surface area contributed by atoms with Gasteiger partial charge in [0.05, 0.1) is 10.6 Å². The van der Waals surface area contributed by atoms with Gasteiger partial charge in [-0.2, -0.15) is 23.0 Å². The van der Waals surface area contributed by atoms with Gasteiger partial charge in [0.15, 0.2) is 5.69 Å². The lowest BCUT2D eigenvalue weighted by Gasteiger charge is -2.12. The maximum atomic E-state index is 14.5. The predicted octanol–water partition coefficient (Wildman–Crippen LogP) is 3.44. The van der Waals surface area contributed by atoms with Gasteiger partial charge >= 0.3 is 12.2 Å². The number of aromatic nitrogens is 2. The minimum atomic E-state index is -4.71. The van der Waals surface area contributed by atoms with Crippen molar-refractivity contribution in [2.75, 3.05) is 5.32 Å². The van der Waals surface area contributed by atoms with E-state index < -0.39 is 38.6 Å². The van der Waals surface area contributed by atoms with Crippen LogP contribution in [0.5, 0.6) is 0 Å². The molecular formula is C17H12F4N4O3S. The molecule has 0 bridgehead atoms. The van der Waals surface area contributed by atoms with E-state index >= 15 is 0 Å². The zero-order chi connectivity index (χ0) is 21.4. The molecule has 1 heterocycles. The van der Waals surface area contributed by atoms with Crippen molar-refractivity contribution in [1.82, 2.24) is 9.78 Å². The summed E-state index contributed by atoms with van der Waals surface area (Å²) < 4.78 is 75.5. The number of amides is 1. The number of benzene rings is 2. The molecule has 0 aliphatic heterocycles. The molecule has 0 atom stereocenters. The second-order valence-electron chi connectivity index (χ2n) is 5.81. The Labute approximate surface area is 161 Å². The number of halogens is 4. The Balaban J connectivity index is 1.94. The van der Waals surface area contributed by atoms with E-state index in [0.717, 1.165) is 24.4 Å². The fraction of sp³-hybridized carbons (Fsp3) is 0.0588. The van der Waals surface area contributed by atoms with Crippen molar-refractivity contribution in [2.45, 2.75) is 11.1 Å². The van der Waals surface area contributed by atoms with E-state index in [1.54, 1.807) is 0 Å². The number of sulfonamides is 1. The molecular weight excluding hydrogens is 416 g/mol. The minimum absolute atomic E-state index is 0.0512. The van der Waals surface area contributed by atoms with Gasteiger partial charge in [-0.05, 0) is 24.3 Å². The SMILES string of the molecule is NS(=O)(=O)c1ccc(-c2ccccc2NC(=O)n2ccc(C(F)(F)F)n2)c(F)c1. The van der Waals surface area contributed by atoms with Gasteiger partial charge in [0, 0.05) is 17.3 Å². The molecule has 1 amide bonds. The lowest BCUT2D eigenvalue weighted by atomic mass is 10.0. The highest BCUT2D eigenvalue weighted by Crippen LogP contribution is 2.31. The number of nitrogens with one attached hydrogen (secondary N) is 1. The summed E-state index contributed by atoms with van der Waals surface area (Å²) in [5.41, 5.74) is -1.05. The zero-order valence-corrected chi connectivity index (χ0v) is 15.1. The van der Waals surface area contributed by atoms with Gasteiger partial charge in [-0.3, -0.25) is 0 Å². The minimum Gasteiger partial charge on any atom is -0.305 e. The smallest absolute Gasteiger partial charge is 0.305 e. The third-order valence-corrected chi connectivity index (χ3v) is 4.73. The van der Waals surface area contributed by atoms with Crippen LogP contribution in [0.1, 0.15) is 5.69 Å². The number of alkyl halides is 3. The van der Waals surface area contributed by atoms with E-state index in [1.807, 2.05) is 0 Å². The lowest BCUT2D eigenvalue weighted by molar-refractivity contribution is -0.141. The van der Waals surface area contributed by atoms with Crippen LogP contribution in [0.4, 0.5) is 28.0 Å². The Morgan fingerprint density at radius 2 is 1.76 bits per heavy atom. The molecule has 29 heavy (non-hydrogen) atoms. The van der Waals surface area contributed by atoms with Crippen LogP contribution in [0.3, 0.4) is 0 Å². The van der Waals surface area contributed by atoms with Crippen LogP contribution in [-0.4, -0.2) is 24.2 Å². The summed E-state index contributed by atoms with van der Waals surface area (Å²) in [6.45, 7) is 0. The highest BCUT2D eigenvalue weighted by Gasteiger charge is 2.34. The number of nitrogens with zero attached hydrogens (tertiary/aromatic N) is 2.